The Hall–Kier alpha value is -1.56. The van der Waals surface area contributed by atoms with E-state index in [2.05, 4.69) is 49.4 Å². The van der Waals surface area contributed by atoms with Crippen LogP contribution >= 0.6 is 0 Å². The zero-order valence-corrected chi connectivity index (χ0v) is 8.96. The molecular formula is C15H14. The third-order valence-electron chi connectivity index (χ3n) is 3.33. The minimum Gasteiger partial charge on any atom is -0.0619 e. The maximum absolute atomic E-state index is 2.25. The Balaban J connectivity index is 2.26. The van der Waals surface area contributed by atoms with Gasteiger partial charge in [-0.1, -0.05) is 49.4 Å². The van der Waals surface area contributed by atoms with Crippen LogP contribution in [-0.4, -0.2) is 0 Å². The molecule has 2 aromatic carbocycles. The summed E-state index contributed by atoms with van der Waals surface area (Å²) in [5.41, 5.74) is 7.41. The average Bonchev–Trinajstić information content (AvgIpc) is 2.67. The summed E-state index contributed by atoms with van der Waals surface area (Å²) in [6, 6.07) is 15.4. The monoisotopic (exact) mass is 194 g/mol. The summed E-state index contributed by atoms with van der Waals surface area (Å²) < 4.78 is 0. The lowest BCUT2D eigenvalue weighted by Gasteiger charge is -2.05. The highest BCUT2D eigenvalue weighted by atomic mass is 14.2. The molecule has 0 bridgehead atoms. The molecule has 3 rings (SSSR count). The maximum atomic E-state index is 2.25. The highest BCUT2D eigenvalue weighted by Gasteiger charge is 2.19. The molecule has 0 fully saturated rings. The Labute approximate surface area is 90.6 Å². The van der Waals surface area contributed by atoms with Gasteiger partial charge in [0, 0.05) is 0 Å². The van der Waals surface area contributed by atoms with Crippen molar-refractivity contribution in [3.8, 4) is 11.1 Å². The molecule has 0 spiro atoms. The van der Waals surface area contributed by atoms with Crippen molar-refractivity contribution in [2.45, 2.75) is 19.8 Å². The predicted molar refractivity (Wildman–Crippen MR) is 64.1 cm³/mol. The lowest BCUT2D eigenvalue weighted by molar-refractivity contribution is 1.08. The summed E-state index contributed by atoms with van der Waals surface area (Å²) in [7, 11) is 0. The molecule has 0 aromatic heterocycles. The van der Waals surface area contributed by atoms with E-state index in [1.165, 1.54) is 22.3 Å². The van der Waals surface area contributed by atoms with Gasteiger partial charge in [-0.2, -0.15) is 0 Å². The van der Waals surface area contributed by atoms with Crippen molar-refractivity contribution >= 4 is 0 Å². The van der Waals surface area contributed by atoms with E-state index in [1.807, 2.05) is 0 Å². The van der Waals surface area contributed by atoms with Crippen LogP contribution in [-0.2, 0) is 12.8 Å². The molecule has 0 radical (unpaired) electrons. The Morgan fingerprint density at radius 3 is 2.60 bits per heavy atom. The Morgan fingerprint density at radius 2 is 1.73 bits per heavy atom. The van der Waals surface area contributed by atoms with E-state index in [1.54, 1.807) is 5.56 Å². The number of aryl methyl sites for hydroxylation is 1. The fourth-order valence-corrected chi connectivity index (χ4v) is 2.55. The van der Waals surface area contributed by atoms with Gasteiger partial charge < -0.3 is 0 Å². The first-order valence-corrected chi connectivity index (χ1v) is 5.59. The van der Waals surface area contributed by atoms with Gasteiger partial charge >= 0.3 is 0 Å². The average molecular weight is 194 g/mol. The molecule has 74 valence electrons. The van der Waals surface area contributed by atoms with Gasteiger partial charge in [0.2, 0.25) is 0 Å². The lowest BCUT2D eigenvalue weighted by atomic mass is 10.00. The van der Waals surface area contributed by atoms with Crippen LogP contribution in [0.3, 0.4) is 0 Å². The van der Waals surface area contributed by atoms with E-state index in [0.29, 0.717) is 0 Å². The van der Waals surface area contributed by atoms with Crippen molar-refractivity contribution in [1.82, 2.24) is 0 Å². The highest BCUT2D eigenvalue weighted by molar-refractivity contribution is 5.77. The Bertz CT molecular complexity index is 509. The first-order valence-electron chi connectivity index (χ1n) is 5.59. The van der Waals surface area contributed by atoms with Gasteiger partial charge in [0.05, 0.1) is 0 Å². The van der Waals surface area contributed by atoms with Gasteiger partial charge in [0.25, 0.3) is 0 Å². The summed E-state index contributed by atoms with van der Waals surface area (Å²) in [4.78, 5) is 0. The molecule has 0 atom stereocenters. The van der Waals surface area contributed by atoms with Crippen LogP contribution in [0.25, 0.3) is 11.1 Å². The number of fused-ring (bicyclic) bond motifs is 3. The highest BCUT2D eigenvalue weighted by Crippen LogP contribution is 2.37. The van der Waals surface area contributed by atoms with Gasteiger partial charge in [0.1, 0.15) is 0 Å². The molecule has 0 unspecified atom stereocenters. The zero-order chi connectivity index (χ0) is 10.3. The van der Waals surface area contributed by atoms with Gasteiger partial charge in [-0.25, -0.2) is 0 Å². The maximum Gasteiger partial charge on any atom is -0.00107 e. The molecule has 0 saturated carbocycles. The first kappa shape index (κ1) is 8.72. The molecule has 0 N–H and O–H groups in total. The van der Waals surface area contributed by atoms with E-state index in [9.17, 15) is 0 Å². The predicted octanol–water partition coefficient (Wildman–Crippen LogP) is 3.82. The summed E-state index contributed by atoms with van der Waals surface area (Å²) in [6.45, 7) is 2.23. The van der Waals surface area contributed by atoms with E-state index >= 15 is 0 Å². The number of benzene rings is 2. The first-order chi connectivity index (χ1) is 7.40. The van der Waals surface area contributed by atoms with Crippen LogP contribution in [0.2, 0.25) is 0 Å². The van der Waals surface area contributed by atoms with E-state index in [4.69, 9.17) is 0 Å². The van der Waals surface area contributed by atoms with Gasteiger partial charge in [-0.3, -0.25) is 0 Å². The number of hydrogen-bond donors (Lipinski definition) is 0. The lowest BCUT2D eigenvalue weighted by Crippen LogP contribution is -1.89. The van der Waals surface area contributed by atoms with Crippen molar-refractivity contribution in [3.05, 3.63) is 59.2 Å². The molecule has 0 heterocycles. The summed E-state index contributed by atoms with van der Waals surface area (Å²) in [5, 5.41) is 0. The minimum atomic E-state index is 1.12. The van der Waals surface area contributed by atoms with Gasteiger partial charge in [-0.05, 0) is 40.7 Å². The number of hydrogen-bond acceptors (Lipinski definition) is 0. The molecule has 0 aliphatic heterocycles. The van der Waals surface area contributed by atoms with Crippen LogP contribution in [0, 0.1) is 0 Å². The van der Waals surface area contributed by atoms with Crippen LogP contribution in [0.15, 0.2) is 42.5 Å². The SMILES string of the molecule is CCc1cccc2c1Cc1ccccc1-2. The third kappa shape index (κ3) is 1.21. The van der Waals surface area contributed by atoms with Crippen LogP contribution in [0.5, 0.6) is 0 Å². The molecule has 0 saturated heterocycles. The van der Waals surface area contributed by atoms with Crippen LogP contribution in [0.1, 0.15) is 23.6 Å². The molecule has 15 heavy (non-hydrogen) atoms. The smallest absolute Gasteiger partial charge is 0.00107 e. The van der Waals surface area contributed by atoms with Crippen molar-refractivity contribution in [2.24, 2.45) is 0 Å². The van der Waals surface area contributed by atoms with Crippen LogP contribution < -0.4 is 0 Å². The molecule has 1 aliphatic rings. The second-order valence-corrected chi connectivity index (χ2v) is 4.13. The fraction of sp³-hybridized carbons (Fsp3) is 0.200. The fourth-order valence-electron chi connectivity index (χ4n) is 2.55. The van der Waals surface area contributed by atoms with Crippen LogP contribution in [0.4, 0.5) is 0 Å². The summed E-state index contributed by atoms with van der Waals surface area (Å²) in [6.07, 6.45) is 2.26. The molecule has 0 amide bonds. The molecule has 1 aliphatic carbocycles. The van der Waals surface area contributed by atoms with Crippen molar-refractivity contribution in [2.75, 3.05) is 0 Å². The molecule has 0 heteroatoms. The van der Waals surface area contributed by atoms with E-state index in [0.717, 1.165) is 12.8 Å². The molecule has 2 aromatic rings. The Kier molecular flexibility index (Phi) is 1.88. The topological polar surface area (TPSA) is 0 Å². The third-order valence-corrected chi connectivity index (χ3v) is 3.33. The quantitative estimate of drug-likeness (QED) is 0.552. The molecular weight excluding hydrogens is 180 g/mol. The number of rotatable bonds is 1. The standard InChI is InChI=1S/C15H14/c1-2-11-7-5-9-14-13-8-4-3-6-12(13)10-15(11)14/h3-9H,2,10H2,1H3. The van der Waals surface area contributed by atoms with E-state index in [-0.39, 0.29) is 0 Å². The minimum absolute atomic E-state index is 1.12. The zero-order valence-electron chi connectivity index (χ0n) is 8.96. The summed E-state index contributed by atoms with van der Waals surface area (Å²) >= 11 is 0. The van der Waals surface area contributed by atoms with Gasteiger partial charge in [-0.15, -0.1) is 0 Å². The van der Waals surface area contributed by atoms with Crippen molar-refractivity contribution < 1.29 is 0 Å². The molecule has 0 nitrogen and oxygen atoms in total. The second-order valence-electron chi connectivity index (χ2n) is 4.13. The normalized spacial score (nSPS) is 12.3. The van der Waals surface area contributed by atoms with Gasteiger partial charge in [0.15, 0.2) is 0 Å². The summed E-state index contributed by atoms with van der Waals surface area (Å²) in [5.74, 6) is 0. The second kappa shape index (κ2) is 3.23. The largest absolute Gasteiger partial charge is 0.0619 e. The van der Waals surface area contributed by atoms with Crippen molar-refractivity contribution in [1.29, 1.82) is 0 Å². The van der Waals surface area contributed by atoms with E-state index < -0.39 is 0 Å². The Morgan fingerprint density at radius 1 is 0.933 bits per heavy atom. The van der Waals surface area contributed by atoms with Crippen molar-refractivity contribution in [3.63, 3.8) is 0 Å².